The molecule has 2 aliphatic heterocycles. The molecule has 20 heavy (non-hydrogen) atoms. The van der Waals surface area contributed by atoms with Crippen LogP contribution in [0.25, 0.3) is 0 Å². The summed E-state index contributed by atoms with van der Waals surface area (Å²) in [5.41, 5.74) is 2.03. The fraction of sp³-hybridized carbons (Fsp3) is 0.357. The lowest BCUT2D eigenvalue weighted by molar-refractivity contribution is -0.116. The van der Waals surface area contributed by atoms with Crippen LogP contribution in [0.15, 0.2) is 28.4 Å². The van der Waals surface area contributed by atoms with E-state index in [1.54, 1.807) is 6.21 Å². The minimum Gasteiger partial charge on any atom is -0.487 e. The van der Waals surface area contributed by atoms with Gasteiger partial charge in [-0.15, -0.1) is 5.10 Å². The predicted octanol–water partition coefficient (Wildman–Crippen LogP) is 1.95. The Morgan fingerprint density at radius 3 is 3.05 bits per heavy atom. The van der Waals surface area contributed by atoms with Crippen LogP contribution in [0, 0.1) is 0 Å². The number of amides is 1. The molecule has 0 spiro atoms. The van der Waals surface area contributed by atoms with Crippen LogP contribution in [0.4, 0.5) is 0 Å². The molecule has 3 rings (SSSR count). The van der Waals surface area contributed by atoms with E-state index in [-0.39, 0.29) is 11.5 Å². The van der Waals surface area contributed by atoms with E-state index in [1.807, 2.05) is 12.1 Å². The summed E-state index contributed by atoms with van der Waals surface area (Å²) >= 11 is 1.36. The summed E-state index contributed by atoms with van der Waals surface area (Å²) in [7, 11) is 0. The maximum atomic E-state index is 11.0. The third-order valence-corrected chi connectivity index (χ3v) is 3.89. The molecule has 2 heterocycles. The molecule has 0 aromatic heterocycles. The number of nitrogens with one attached hydrogen (secondary N) is 1. The summed E-state index contributed by atoms with van der Waals surface area (Å²) in [5.74, 6) is 1.33. The second-order valence-corrected chi connectivity index (χ2v) is 6.36. The van der Waals surface area contributed by atoms with E-state index in [0.29, 0.717) is 10.9 Å². The molecule has 0 radical (unpaired) electrons. The standard InChI is InChI=1S/C14H15N3O2S/c1-14(2)6-10-5-9(3-4-11(10)19-14)7-15-17-13-16-12(18)8-20-13/h3-5,7H,6,8H2,1-2H3,(H,16,17,18). The van der Waals surface area contributed by atoms with Crippen molar-refractivity contribution in [3.05, 3.63) is 29.3 Å². The molecule has 0 aliphatic carbocycles. The van der Waals surface area contributed by atoms with Crippen LogP contribution in [0.2, 0.25) is 0 Å². The highest BCUT2D eigenvalue weighted by molar-refractivity contribution is 8.15. The van der Waals surface area contributed by atoms with Gasteiger partial charge < -0.3 is 10.1 Å². The Kier molecular flexibility index (Phi) is 3.25. The predicted molar refractivity (Wildman–Crippen MR) is 80.5 cm³/mol. The van der Waals surface area contributed by atoms with Gasteiger partial charge in [-0.05, 0) is 43.2 Å². The van der Waals surface area contributed by atoms with Crippen LogP contribution in [0.5, 0.6) is 5.75 Å². The van der Waals surface area contributed by atoms with Crippen molar-refractivity contribution in [1.29, 1.82) is 0 Å². The maximum Gasteiger partial charge on any atom is 0.236 e. The Balaban J connectivity index is 1.72. The zero-order valence-corrected chi connectivity index (χ0v) is 12.2. The number of rotatable bonds is 2. The first-order chi connectivity index (χ1) is 9.52. The molecule has 0 saturated carbocycles. The zero-order valence-electron chi connectivity index (χ0n) is 11.3. The van der Waals surface area contributed by atoms with Crippen molar-refractivity contribution < 1.29 is 9.53 Å². The summed E-state index contributed by atoms with van der Waals surface area (Å²) < 4.78 is 5.82. The van der Waals surface area contributed by atoms with Crippen LogP contribution in [0.3, 0.4) is 0 Å². The van der Waals surface area contributed by atoms with E-state index in [4.69, 9.17) is 4.74 Å². The van der Waals surface area contributed by atoms with Gasteiger partial charge in [0.15, 0.2) is 5.17 Å². The quantitative estimate of drug-likeness (QED) is 0.668. The fourth-order valence-corrected chi connectivity index (χ4v) is 2.87. The lowest BCUT2D eigenvalue weighted by Crippen LogP contribution is -2.24. The number of hydrogen-bond donors (Lipinski definition) is 1. The van der Waals surface area contributed by atoms with Gasteiger partial charge in [0, 0.05) is 6.42 Å². The average Bonchev–Trinajstić information content (AvgIpc) is 2.90. The molecule has 6 heteroatoms. The normalized spacial score (nSPS) is 22.1. The Labute approximate surface area is 121 Å². The van der Waals surface area contributed by atoms with Crippen LogP contribution < -0.4 is 10.1 Å². The summed E-state index contributed by atoms with van der Waals surface area (Å²) in [6.07, 6.45) is 2.58. The van der Waals surface area contributed by atoms with Crippen LogP contribution in [-0.2, 0) is 11.2 Å². The van der Waals surface area contributed by atoms with Gasteiger partial charge in [-0.3, -0.25) is 4.79 Å². The largest absolute Gasteiger partial charge is 0.487 e. The molecule has 5 nitrogen and oxygen atoms in total. The van der Waals surface area contributed by atoms with Crippen LogP contribution >= 0.6 is 11.8 Å². The van der Waals surface area contributed by atoms with Crippen molar-refractivity contribution in [3.8, 4) is 5.75 Å². The van der Waals surface area contributed by atoms with Gasteiger partial charge in [0.2, 0.25) is 5.91 Å². The van der Waals surface area contributed by atoms with E-state index >= 15 is 0 Å². The van der Waals surface area contributed by atoms with Gasteiger partial charge in [-0.25, -0.2) is 0 Å². The minimum absolute atomic E-state index is 0.0270. The van der Waals surface area contributed by atoms with Gasteiger partial charge >= 0.3 is 0 Å². The monoisotopic (exact) mass is 289 g/mol. The third-order valence-electron chi connectivity index (χ3n) is 3.03. The molecular formula is C14H15N3O2S. The molecule has 0 unspecified atom stereocenters. The topological polar surface area (TPSA) is 63.0 Å². The number of hydrogen-bond acceptors (Lipinski definition) is 5. The first-order valence-corrected chi connectivity index (χ1v) is 7.36. The number of carbonyl (C=O) groups excluding carboxylic acids is 1. The minimum atomic E-state index is -0.136. The second-order valence-electron chi connectivity index (χ2n) is 5.39. The summed E-state index contributed by atoms with van der Waals surface area (Å²) in [4.78, 5) is 11.0. The summed E-state index contributed by atoms with van der Waals surface area (Å²) in [6.45, 7) is 4.15. The molecule has 1 saturated heterocycles. The second kappa shape index (κ2) is 4.94. The lowest BCUT2D eigenvalue weighted by atomic mass is 10.0. The number of carbonyl (C=O) groups is 1. The highest BCUT2D eigenvalue weighted by Gasteiger charge is 2.29. The first-order valence-electron chi connectivity index (χ1n) is 6.37. The highest BCUT2D eigenvalue weighted by Crippen LogP contribution is 2.34. The van der Waals surface area contributed by atoms with E-state index < -0.39 is 0 Å². The van der Waals surface area contributed by atoms with Gasteiger partial charge in [0.25, 0.3) is 0 Å². The molecule has 1 aromatic rings. The molecular weight excluding hydrogens is 274 g/mol. The third kappa shape index (κ3) is 2.85. The van der Waals surface area contributed by atoms with E-state index in [0.717, 1.165) is 17.7 Å². The first kappa shape index (κ1) is 13.2. The van der Waals surface area contributed by atoms with Gasteiger partial charge in [0.1, 0.15) is 11.4 Å². The van der Waals surface area contributed by atoms with Gasteiger partial charge in [-0.2, -0.15) is 5.10 Å². The van der Waals surface area contributed by atoms with Crippen molar-refractivity contribution in [2.24, 2.45) is 10.2 Å². The summed E-state index contributed by atoms with van der Waals surface area (Å²) in [6, 6.07) is 5.98. The highest BCUT2D eigenvalue weighted by atomic mass is 32.2. The van der Waals surface area contributed by atoms with E-state index in [9.17, 15) is 4.79 Å². The number of fused-ring (bicyclic) bond motifs is 1. The molecule has 1 fully saturated rings. The molecule has 0 bridgehead atoms. The molecule has 2 aliphatic rings. The molecule has 1 N–H and O–H groups in total. The Bertz CT molecular complexity index is 623. The number of benzene rings is 1. The van der Waals surface area contributed by atoms with E-state index in [2.05, 4.69) is 35.4 Å². The van der Waals surface area contributed by atoms with E-state index in [1.165, 1.54) is 17.3 Å². The molecule has 0 atom stereocenters. The number of amidine groups is 1. The van der Waals surface area contributed by atoms with Gasteiger partial charge in [-0.1, -0.05) is 11.8 Å². The van der Waals surface area contributed by atoms with Crippen LogP contribution in [0.1, 0.15) is 25.0 Å². The smallest absolute Gasteiger partial charge is 0.236 e. The Hall–Kier alpha value is -1.82. The van der Waals surface area contributed by atoms with Crippen LogP contribution in [-0.4, -0.2) is 28.6 Å². The Morgan fingerprint density at radius 2 is 2.30 bits per heavy atom. The van der Waals surface area contributed by atoms with Crippen molar-refractivity contribution in [3.63, 3.8) is 0 Å². The summed E-state index contributed by atoms with van der Waals surface area (Å²) in [5, 5.41) is 11.2. The fourth-order valence-electron chi connectivity index (χ4n) is 2.24. The lowest BCUT2D eigenvalue weighted by Gasteiger charge is -2.16. The van der Waals surface area contributed by atoms with Gasteiger partial charge in [0.05, 0.1) is 12.0 Å². The maximum absolute atomic E-state index is 11.0. The van der Waals surface area contributed by atoms with Crippen molar-refractivity contribution in [1.82, 2.24) is 5.32 Å². The molecule has 104 valence electrons. The molecule has 1 aromatic carbocycles. The average molecular weight is 289 g/mol. The number of thioether (sulfide) groups is 1. The SMILES string of the molecule is CC1(C)Cc2cc(C=NN=C3NC(=O)CS3)ccc2O1. The van der Waals surface area contributed by atoms with Crippen molar-refractivity contribution >= 4 is 29.1 Å². The van der Waals surface area contributed by atoms with Crippen molar-refractivity contribution in [2.75, 3.05) is 5.75 Å². The molecule has 1 amide bonds. The number of ether oxygens (including phenoxy) is 1. The number of nitrogens with zero attached hydrogens (tertiary/aromatic N) is 2. The Morgan fingerprint density at radius 1 is 1.45 bits per heavy atom. The van der Waals surface area contributed by atoms with Crippen molar-refractivity contribution in [2.45, 2.75) is 25.9 Å². The zero-order chi connectivity index (χ0) is 14.2.